The number of carbonyl (C=O) groups is 2. The van der Waals surface area contributed by atoms with Gasteiger partial charge in [-0.05, 0) is 42.8 Å². The molecule has 1 unspecified atom stereocenters. The number of aliphatic carboxylic acids is 1. The van der Waals surface area contributed by atoms with E-state index in [4.69, 9.17) is 32.2 Å². The summed E-state index contributed by atoms with van der Waals surface area (Å²) in [7, 11) is -4.19. The number of nitrogens with zero attached hydrogens (tertiary/aromatic N) is 1. The fraction of sp³-hybridized carbons (Fsp3) is 0.304. The quantitative estimate of drug-likeness (QED) is 0.204. The zero-order valence-electron chi connectivity index (χ0n) is 18.6. The lowest BCUT2D eigenvalue weighted by Gasteiger charge is -2.31. The number of hydrogen-bond acceptors (Lipinski definition) is 6. The second-order valence-electron chi connectivity index (χ2n) is 7.18. The van der Waals surface area contributed by atoms with Crippen LogP contribution in [0.1, 0.15) is 26.2 Å². The predicted octanol–water partition coefficient (Wildman–Crippen LogP) is 7.59. The minimum Gasteiger partial charge on any atom is -0.480 e. The number of rotatable bonds is 13. The van der Waals surface area contributed by atoms with Crippen LogP contribution in [0.4, 0.5) is 4.79 Å². The van der Waals surface area contributed by atoms with Crippen molar-refractivity contribution in [2.75, 3.05) is 12.0 Å². The number of hydrogen-bond donors (Lipinski definition) is 1. The van der Waals surface area contributed by atoms with Crippen molar-refractivity contribution >= 4 is 53.8 Å². The minimum absolute atomic E-state index is 0.143. The molecular formula is C23H26Cl2NO6PS. The molecule has 34 heavy (non-hydrogen) atoms. The molecule has 1 amide bonds. The fourth-order valence-corrected chi connectivity index (χ4v) is 5.73. The highest BCUT2D eigenvalue weighted by atomic mass is 35.5. The van der Waals surface area contributed by atoms with Crippen LogP contribution in [0.15, 0.2) is 61.2 Å². The Morgan fingerprint density at radius 3 is 2.15 bits per heavy atom. The first-order chi connectivity index (χ1) is 16.2. The van der Waals surface area contributed by atoms with Crippen molar-refractivity contribution in [2.24, 2.45) is 0 Å². The smallest absolute Gasteiger partial charge is 0.450 e. The van der Waals surface area contributed by atoms with Crippen LogP contribution in [0.25, 0.3) is 0 Å². The van der Waals surface area contributed by atoms with E-state index in [2.05, 4.69) is 6.58 Å². The molecule has 2 rings (SSSR count). The molecule has 0 aliphatic rings. The lowest BCUT2D eigenvalue weighted by Crippen LogP contribution is -2.44. The van der Waals surface area contributed by atoms with Gasteiger partial charge in [0.25, 0.3) is 5.24 Å². The minimum atomic E-state index is -4.19. The maximum Gasteiger partial charge on any atom is 0.450 e. The Kier molecular flexibility index (Phi) is 11.3. The number of carboxylic acids is 1. The molecule has 184 valence electrons. The van der Waals surface area contributed by atoms with Gasteiger partial charge >= 0.3 is 13.6 Å². The maximum atomic E-state index is 14.0. The van der Waals surface area contributed by atoms with E-state index in [0.717, 1.165) is 23.1 Å². The number of thioether (sulfide) groups is 1. The van der Waals surface area contributed by atoms with Crippen molar-refractivity contribution in [1.29, 1.82) is 0 Å². The third-order valence-electron chi connectivity index (χ3n) is 4.46. The highest BCUT2D eigenvalue weighted by Crippen LogP contribution is 2.50. The van der Waals surface area contributed by atoms with Crippen molar-refractivity contribution in [3.8, 4) is 11.5 Å². The Morgan fingerprint density at radius 1 is 1.15 bits per heavy atom. The highest BCUT2D eigenvalue weighted by Gasteiger charge is 2.39. The molecule has 2 aromatic carbocycles. The summed E-state index contributed by atoms with van der Waals surface area (Å²) in [6.07, 6.45) is 2.38. The summed E-state index contributed by atoms with van der Waals surface area (Å²) >= 11 is 12.9. The first-order valence-electron chi connectivity index (χ1n) is 10.4. The Hall–Kier alpha value is -2.12. The molecule has 0 fully saturated rings. The third kappa shape index (κ3) is 8.91. The van der Waals surface area contributed by atoms with Crippen LogP contribution in [0.3, 0.4) is 0 Å². The zero-order valence-corrected chi connectivity index (χ0v) is 21.8. The molecular weight excluding hydrogens is 520 g/mol. The second-order valence-corrected chi connectivity index (χ2v) is 10.9. The Bertz CT molecular complexity index is 1000. The van der Waals surface area contributed by atoms with Gasteiger partial charge in [0, 0.05) is 15.8 Å². The van der Waals surface area contributed by atoms with E-state index in [0.29, 0.717) is 16.5 Å². The number of unbranched alkanes of at least 4 members (excludes halogenated alkanes) is 1. The fourth-order valence-electron chi connectivity index (χ4n) is 2.94. The third-order valence-corrected chi connectivity index (χ3v) is 7.44. The van der Waals surface area contributed by atoms with Gasteiger partial charge in [-0.1, -0.05) is 72.9 Å². The summed E-state index contributed by atoms with van der Waals surface area (Å²) in [6, 6.07) is 11.2. The van der Waals surface area contributed by atoms with Gasteiger partial charge in [0.2, 0.25) is 0 Å². The van der Waals surface area contributed by atoms with Gasteiger partial charge in [-0.15, -0.1) is 6.58 Å². The lowest BCUT2D eigenvalue weighted by molar-refractivity contribution is -0.142. The molecule has 0 heterocycles. The molecule has 0 saturated heterocycles. The number of carbonyl (C=O) groups excluding carboxylic acids is 1. The number of carboxylic acid groups (broad SMARTS) is 1. The number of halogens is 2. The molecule has 0 radical (unpaired) electrons. The van der Waals surface area contributed by atoms with Crippen molar-refractivity contribution < 1.29 is 28.3 Å². The summed E-state index contributed by atoms with van der Waals surface area (Å²) in [6.45, 7) is 5.50. The van der Waals surface area contributed by atoms with Crippen LogP contribution < -0.4 is 9.05 Å². The van der Waals surface area contributed by atoms with Crippen LogP contribution in [0.2, 0.25) is 10.0 Å². The van der Waals surface area contributed by atoms with Crippen LogP contribution in [0, 0.1) is 0 Å². The van der Waals surface area contributed by atoms with Gasteiger partial charge in [0.1, 0.15) is 23.8 Å². The van der Waals surface area contributed by atoms with Gasteiger partial charge < -0.3 is 19.1 Å². The molecule has 1 atom stereocenters. The van der Waals surface area contributed by atoms with Gasteiger partial charge in [0.05, 0.1) is 0 Å². The summed E-state index contributed by atoms with van der Waals surface area (Å²) in [5, 5.41) is 9.97. The maximum absolute atomic E-state index is 14.0. The van der Waals surface area contributed by atoms with E-state index in [9.17, 15) is 19.3 Å². The molecule has 0 aromatic heterocycles. The molecule has 0 aliphatic carbocycles. The second kappa shape index (κ2) is 13.7. The van der Waals surface area contributed by atoms with Crippen LogP contribution in [-0.4, -0.2) is 39.3 Å². The predicted molar refractivity (Wildman–Crippen MR) is 137 cm³/mol. The van der Waals surface area contributed by atoms with Crippen molar-refractivity contribution in [3.63, 3.8) is 0 Å². The first kappa shape index (κ1) is 28.1. The van der Waals surface area contributed by atoms with E-state index in [1.807, 2.05) is 6.92 Å². The van der Waals surface area contributed by atoms with Crippen molar-refractivity contribution in [2.45, 2.75) is 32.2 Å². The van der Waals surface area contributed by atoms with E-state index < -0.39 is 31.1 Å². The largest absolute Gasteiger partial charge is 0.480 e. The standard InChI is InChI=1S/C23H26Cl2NO6PS/c1-3-5-12-21(22(27)28)26(23(29)34-13-4-2)16-33(30,31-19-10-6-8-17(24)14-19)32-20-11-7-9-18(25)15-20/h4,6-11,14-15,21H,2-3,5,12-13,16H2,1H3,(H,27,28). The SMILES string of the molecule is C=CCSC(=O)N(CP(=O)(Oc1cccc(Cl)c1)Oc1cccc(Cl)c1)C(CCCC)C(=O)O. The first-order valence-corrected chi connectivity index (χ1v) is 13.9. The Labute approximate surface area is 213 Å². The summed E-state index contributed by atoms with van der Waals surface area (Å²) in [4.78, 5) is 26.1. The summed E-state index contributed by atoms with van der Waals surface area (Å²) in [5.74, 6) is -0.670. The number of benzene rings is 2. The van der Waals surface area contributed by atoms with Crippen molar-refractivity contribution in [1.82, 2.24) is 4.90 Å². The van der Waals surface area contributed by atoms with E-state index in [1.54, 1.807) is 24.3 Å². The van der Waals surface area contributed by atoms with Crippen LogP contribution >= 0.6 is 42.6 Å². The molecule has 0 bridgehead atoms. The van der Waals surface area contributed by atoms with E-state index >= 15 is 0 Å². The average molecular weight is 546 g/mol. The molecule has 1 N–H and O–H groups in total. The molecule has 7 nitrogen and oxygen atoms in total. The van der Waals surface area contributed by atoms with Gasteiger partial charge in [-0.2, -0.15) is 0 Å². The van der Waals surface area contributed by atoms with Crippen LogP contribution in [0.5, 0.6) is 11.5 Å². The van der Waals surface area contributed by atoms with Gasteiger partial charge in [0.15, 0.2) is 0 Å². The molecule has 11 heteroatoms. The van der Waals surface area contributed by atoms with Gasteiger partial charge in [-0.3, -0.25) is 4.79 Å². The highest BCUT2D eigenvalue weighted by molar-refractivity contribution is 8.13. The summed E-state index contributed by atoms with van der Waals surface area (Å²) in [5.41, 5.74) is 0. The molecule has 0 spiro atoms. The zero-order chi connectivity index (χ0) is 25.1. The average Bonchev–Trinajstić information content (AvgIpc) is 2.76. The van der Waals surface area contributed by atoms with E-state index in [-0.39, 0.29) is 23.7 Å². The van der Waals surface area contributed by atoms with Crippen molar-refractivity contribution in [3.05, 3.63) is 71.2 Å². The lowest BCUT2D eigenvalue weighted by atomic mass is 10.1. The topological polar surface area (TPSA) is 93.1 Å². The monoisotopic (exact) mass is 545 g/mol. The molecule has 0 saturated carbocycles. The van der Waals surface area contributed by atoms with Crippen LogP contribution in [-0.2, 0) is 9.36 Å². The number of amides is 1. The van der Waals surface area contributed by atoms with Gasteiger partial charge in [-0.25, -0.2) is 9.36 Å². The molecule has 2 aromatic rings. The Balaban J connectivity index is 2.47. The Morgan fingerprint density at radius 2 is 1.71 bits per heavy atom. The molecule has 0 aliphatic heterocycles. The summed E-state index contributed by atoms with van der Waals surface area (Å²) < 4.78 is 25.5. The normalized spacial score (nSPS) is 12.0. The van der Waals surface area contributed by atoms with E-state index in [1.165, 1.54) is 30.3 Å².